The molecule has 0 spiro atoms. The van der Waals surface area contributed by atoms with E-state index in [1.165, 1.54) is 38.5 Å². The number of aromatic nitrogens is 2. The number of hydrogen-bond donors (Lipinski definition) is 1. The molecular formula is C22H25Cl2N3O. The predicted octanol–water partition coefficient (Wildman–Crippen LogP) is 5.78. The van der Waals surface area contributed by atoms with Gasteiger partial charge in [-0.2, -0.15) is 5.10 Å². The molecule has 4 fully saturated rings. The quantitative estimate of drug-likeness (QED) is 0.669. The third-order valence-electron chi connectivity index (χ3n) is 6.99. The lowest BCUT2D eigenvalue weighted by molar-refractivity contribution is -0.124. The van der Waals surface area contributed by atoms with Crippen LogP contribution in [0.2, 0.25) is 10.0 Å². The molecule has 0 aliphatic heterocycles. The Balaban J connectivity index is 1.23. The summed E-state index contributed by atoms with van der Waals surface area (Å²) in [6.45, 7) is 0.476. The monoisotopic (exact) mass is 417 g/mol. The van der Waals surface area contributed by atoms with E-state index in [0.717, 1.165) is 23.3 Å². The van der Waals surface area contributed by atoms with Gasteiger partial charge in [0.2, 0.25) is 5.91 Å². The van der Waals surface area contributed by atoms with Crippen LogP contribution in [-0.2, 0) is 11.3 Å². The molecule has 2 aromatic rings. The fourth-order valence-electron chi connectivity index (χ4n) is 6.40. The number of benzene rings is 1. The van der Waals surface area contributed by atoms with Gasteiger partial charge in [0.1, 0.15) is 0 Å². The molecule has 6 heteroatoms. The van der Waals surface area contributed by atoms with Crippen molar-refractivity contribution in [2.24, 2.45) is 23.2 Å². The van der Waals surface area contributed by atoms with Crippen molar-refractivity contribution in [2.75, 3.05) is 5.32 Å². The standard InChI is InChI=1S/C22H25Cl2N3O/c23-18-2-1-3-19(24)17(18)13-27-5-4-20(26-27)25-21(28)12-22-9-14-6-15(10-22)8-16(7-14)11-22/h1-5,14-16H,6-13H2,(H,25,26,28). The fourth-order valence-corrected chi connectivity index (χ4v) is 6.91. The second-order valence-electron chi connectivity index (χ2n) is 9.24. The third-order valence-corrected chi connectivity index (χ3v) is 7.70. The molecule has 0 unspecified atom stereocenters. The molecule has 148 valence electrons. The van der Waals surface area contributed by atoms with Crippen molar-refractivity contribution >= 4 is 34.9 Å². The van der Waals surface area contributed by atoms with Crippen LogP contribution in [0, 0.1) is 23.2 Å². The molecule has 4 aliphatic carbocycles. The van der Waals surface area contributed by atoms with Crippen LogP contribution in [0.3, 0.4) is 0 Å². The highest BCUT2D eigenvalue weighted by molar-refractivity contribution is 6.35. The molecule has 0 atom stereocenters. The predicted molar refractivity (Wildman–Crippen MR) is 112 cm³/mol. The summed E-state index contributed by atoms with van der Waals surface area (Å²) in [5.74, 6) is 3.27. The minimum absolute atomic E-state index is 0.1000. The van der Waals surface area contributed by atoms with Crippen molar-refractivity contribution in [2.45, 2.75) is 51.5 Å². The van der Waals surface area contributed by atoms with Gasteiger partial charge in [-0.1, -0.05) is 29.3 Å². The number of amides is 1. The first-order chi connectivity index (χ1) is 13.5. The van der Waals surface area contributed by atoms with Crippen molar-refractivity contribution in [1.29, 1.82) is 0 Å². The van der Waals surface area contributed by atoms with Gasteiger partial charge >= 0.3 is 0 Å². The number of rotatable bonds is 5. The van der Waals surface area contributed by atoms with Crippen LogP contribution >= 0.6 is 23.2 Å². The molecule has 4 nitrogen and oxygen atoms in total. The molecule has 0 radical (unpaired) electrons. The van der Waals surface area contributed by atoms with E-state index in [4.69, 9.17) is 23.2 Å². The van der Waals surface area contributed by atoms with Crippen LogP contribution in [0.5, 0.6) is 0 Å². The SMILES string of the molecule is O=C(CC12CC3CC(CC(C3)C1)C2)Nc1ccn(Cc2c(Cl)cccc2Cl)n1. The first-order valence-corrected chi connectivity index (χ1v) is 11.0. The molecule has 1 aromatic carbocycles. The summed E-state index contributed by atoms with van der Waals surface area (Å²) in [4.78, 5) is 12.8. The highest BCUT2D eigenvalue weighted by Gasteiger charge is 2.51. The van der Waals surface area contributed by atoms with E-state index >= 15 is 0 Å². The lowest BCUT2D eigenvalue weighted by Crippen LogP contribution is -2.47. The van der Waals surface area contributed by atoms with E-state index in [1.54, 1.807) is 4.68 Å². The summed E-state index contributed by atoms with van der Waals surface area (Å²) in [5, 5.41) is 8.75. The van der Waals surface area contributed by atoms with Gasteiger partial charge in [-0.25, -0.2) is 0 Å². The average Bonchev–Trinajstić information content (AvgIpc) is 3.03. The number of carbonyl (C=O) groups excluding carboxylic acids is 1. The molecule has 1 heterocycles. The van der Waals surface area contributed by atoms with Gasteiger partial charge in [-0.15, -0.1) is 0 Å². The molecule has 1 N–H and O–H groups in total. The van der Waals surface area contributed by atoms with E-state index < -0.39 is 0 Å². The summed E-state index contributed by atoms with van der Waals surface area (Å²) < 4.78 is 1.76. The maximum atomic E-state index is 12.8. The van der Waals surface area contributed by atoms with Crippen molar-refractivity contribution in [3.8, 4) is 0 Å². The average molecular weight is 418 g/mol. The van der Waals surface area contributed by atoms with Crippen LogP contribution in [0.1, 0.15) is 50.5 Å². The minimum atomic E-state index is 0.1000. The largest absolute Gasteiger partial charge is 0.309 e. The molecule has 28 heavy (non-hydrogen) atoms. The molecule has 0 saturated heterocycles. The summed E-state index contributed by atoms with van der Waals surface area (Å²) in [7, 11) is 0. The molecule has 4 saturated carbocycles. The highest BCUT2D eigenvalue weighted by Crippen LogP contribution is 2.61. The van der Waals surface area contributed by atoms with Gasteiger partial charge in [-0.05, 0) is 73.8 Å². The Labute approximate surface area is 175 Å². The van der Waals surface area contributed by atoms with E-state index in [0.29, 0.717) is 28.8 Å². The van der Waals surface area contributed by atoms with E-state index in [2.05, 4.69) is 10.4 Å². The molecular weight excluding hydrogens is 393 g/mol. The van der Waals surface area contributed by atoms with Gasteiger partial charge in [0.05, 0.1) is 6.54 Å². The van der Waals surface area contributed by atoms with E-state index in [9.17, 15) is 4.79 Å². The number of hydrogen-bond acceptors (Lipinski definition) is 2. The third kappa shape index (κ3) is 3.57. The minimum Gasteiger partial charge on any atom is -0.309 e. The number of halogens is 2. The van der Waals surface area contributed by atoms with Gasteiger partial charge in [-0.3, -0.25) is 9.48 Å². The van der Waals surface area contributed by atoms with Gasteiger partial charge < -0.3 is 5.32 Å². The Bertz CT molecular complexity index is 851. The Hall–Kier alpha value is -1.52. The molecule has 1 aromatic heterocycles. The van der Waals surface area contributed by atoms with Crippen LogP contribution in [0.25, 0.3) is 0 Å². The maximum absolute atomic E-state index is 12.8. The van der Waals surface area contributed by atoms with E-state index in [1.807, 2.05) is 30.5 Å². The Morgan fingerprint density at radius 2 is 1.68 bits per heavy atom. The van der Waals surface area contributed by atoms with E-state index in [-0.39, 0.29) is 11.3 Å². The van der Waals surface area contributed by atoms with Crippen molar-refractivity contribution in [3.05, 3.63) is 46.1 Å². The zero-order valence-corrected chi connectivity index (χ0v) is 17.3. The smallest absolute Gasteiger partial charge is 0.226 e. The highest BCUT2D eigenvalue weighted by atomic mass is 35.5. The normalized spacial score (nSPS) is 30.6. The van der Waals surface area contributed by atoms with Crippen LogP contribution < -0.4 is 5.32 Å². The van der Waals surface area contributed by atoms with Crippen LogP contribution in [0.15, 0.2) is 30.5 Å². The fraction of sp³-hybridized carbons (Fsp3) is 0.545. The number of nitrogens with one attached hydrogen (secondary N) is 1. The van der Waals surface area contributed by atoms with Gasteiger partial charge in [0, 0.05) is 34.3 Å². The van der Waals surface area contributed by atoms with Gasteiger partial charge in [0.15, 0.2) is 5.82 Å². The first-order valence-electron chi connectivity index (χ1n) is 10.2. The maximum Gasteiger partial charge on any atom is 0.226 e. The number of nitrogens with zero attached hydrogens (tertiary/aromatic N) is 2. The van der Waals surface area contributed by atoms with Crippen molar-refractivity contribution in [1.82, 2.24) is 9.78 Å². The summed E-state index contributed by atoms with van der Waals surface area (Å²) in [6.07, 6.45) is 10.4. The van der Waals surface area contributed by atoms with Crippen molar-refractivity contribution < 1.29 is 4.79 Å². The zero-order chi connectivity index (χ0) is 19.3. The van der Waals surface area contributed by atoms with Crippen LogP contribution in [-0.4, -0.2) is 15.7 Å². The van der Waals surface area contributed by atoms with Crippen LogP contribution in [0.4, 0.5) is 5.82 Å². The Morgan fingerprint density at radius 3 is 2.29 bits per heavy atom. The number of anilines is 1. The second-order valence-corrected chi connectivity index (χ2v) is 10.1. The molecule has 4 aliphatic rings. The Kier molecular flexibility index (Phi) is 4.67. The van der Waals surface area contributed by atoms with Gasteiger partial charge in [0.25, 0.3) is 0 Å². The lowest BCUT2D eigenvalue weighted by atomic mass is 9.49. The van der Waals surface area contributed by atoms with Crippen molar-refractivity contribution in [3.63, 3.8) is 0 Å². The Morgan fingerprint density at radius 1 is 1.07 bits per heavy atom. The topological polar surface area (TPSA) is 46.9 Å². The summed E-state index contributed by atoms with van der Waals surface area (Å²) in [6, 6.07) is 7.30. The summed E-state index contributed by atoms with van der Waals surface area (Å²) >= 11 is 12.5. The second kappa shape index (κ2) is 7.07. The summed E-state index contributed by atoms with van der Waals surface area (Å²) in [5.41, 5.74) is 1.08. The first kappa shape index (κ1) is 18.5. The number of carbonyl (C=O) groups is 1. The molecule has 1 amide bonds. The molecule has 4 bridgehead atoms. The lowest BCUT2D eigenvalue weighted by Gasteiger charge is -2.56. The molecule has 6 rings (SSSR count). The zero-order valence-electron chi connectivity index (χ0n) is 15.8.